The zero-order valence-electron chi connectivity index (χ0n) is 10.5. The van der Waals surface area contributed by atoms with Crippen LogP contribution in [-0.2, 0) is 9.53 Å². The van der Waals surface area contributed by atoms with Gasteiger partial charge in [-0.2, -0.15) is 0 Å². The summed E-state index contributed by atoms with van der Waals surface area (Å²) in [4.78, 5) is 23.5. The van der Waals surface area contributed by atoms with Crippen LogP contribution in [0.3, 0.4) is 0 Å². The standard InChI is InChI=1S/C13H15FN2O3/c1-19-13(18)10-6-9(14)2-3-11(10)16-12(17)8-4-5-15-7-8/h2-3,6,8,15H,4-5,7H2,1H3,(H,16,17). The molecule has 1 saturated heterocycles. The highest BCUT2D eigenvalue weighted by Crippen LogP contribution is 2.20. The summed E-state index contributed by atoms with van der Waals surface area (Å²) >= 11 is 0. The van der Waals surface area contributed by atoms with Crippen molar-refractivity contribution in [2.24, 2.45) is 5.92 Å². The average molecular weight is 266 g/mol. The van der Waals surface area contributed by atoms with Crippen molar-refractivity contribution < 1.29 is 18.7 Å². The molecule has 1 heterocycles. The first-order valence-corrected chi connectivity index (χ1v) is 6.01. The summed E-state index contributed by atoms with van der Waals surface area (Å²) in [6.45, 7) is 1.41. The molecule has 0 saturated carbocycles. The minimum absolute atomic E-state index is 0.0156. The Labute approximate surface area is 110 Å². The van der Waals surface area contributed by atoms with Gasteiger partial charge in [0, 0.05) is 6.54 Å². The van der Waals surface area contributed by atoms with E-state index in [4.69, 9.17) is 0 Å². The van der Waals surface area contributed by atoms with Gasteiger partial charge in [-0.1, -0.05) is 0 Å². The Bertz CT molecular complexity index is 499. The van der Waals surface area contributed by atoms with Gasteiger partial charge in [0.25, 0.3) is 0 Å². The lowest BCUT2D eigenvalue weighted by Gasteiger charge is -2.12. The number of ether oxygens (including phenoxy) is 1. The maximum absolute atomic E-state index is 13.2. The van der Waals surface area contributed by atoms with E-state index in [1.807, 2.05) is 0 Å². The first-order chi connectivity index (χ1) is 9.11. The topological polar surface area (TPSA) is 67.4 Å². The van der Waals surface area contributed by atoms with Crippen molar-refractivity contribution in [3.8, 4) is 0 Å². The van der Waals surface area contributed by atoms with Crippen molar-refractivity contribution in [2.45, 2.75) is 6.42 Å². The van der Waals surface area contributed by atoms with Crippen LogP contribution in [0.15, 0.2) is 18.2 Å². The molecule has 1 unspecified atom stereocenters. The van der Waals surface area contributed by atoms with Crippen molar-refractivity contribution in [3.63, 3.8) is 0 Å². The maximum atomic E-state index is 13.2. The molecule has 1 atom stereocenters. The molecule has 1 fully saturated rings. The molecule has 0 aliphatic carbocycles. The van der Waals surface area contributed by atoms with E-state index in [1.54, 1.807) is 0 Å². The summed E-state index contributed by atoms with van der Waals surface area (Å²) in [5, 5.41) is 5.73. The second kappa shape index (κ2) is 5.79. The number of hydrogen-bond acceptors (Lipinski definition) is 4. The van der Waals surface area contributed by atoms with Crippen molar-refractivity contribution in [3.05, 3.63) is 29.6 Å². The van der Waals surface area contributed by atoms with E-state index >= 15 is 0 Å². The van der Waals surface area contributed by atoms with E-state index < -0.39 is 11.8 Å². The van der Waals surface area contributed by atoms with E-state index in [0.717, 1.165) is 19.0 Å². The zero-order chi connectivity index (χ0) is 13.8. The summed E-state index contributed by atoms with van der Waals surface area (Å²) in [5.41, 5.74) is 0.284. The van der Waals surface area contributed by atoms with E-state index in [0.29, 0.717) is 6.54 Å². The van der Waals surface area contributed by atoms with Gasteiger partial charge in [-0.3, -0.25) is 4.79 Å². The Kier molecular flexibility index (Phi) is 4.11. The third kappa shape index (κ3) is 3.08. The normalized spacial score (nSPS) is 18.1. The second-order valence-electron chi connectivity index (χ2n) is 4.36. The van der Waals surface area contributed by atoms with Gasteiger partial charge in [-0.25, -0.2) is 9.18 Å². The van der Waals surface area contributed by atoms with Crippen LogP contribution in [0.5, 0.6) is 0 Å². The number of esters is 1. The zero-order valence-corrected chi connectivity index (χ0v) is 10.5. The molecule has 102 valence electrons. The molecule has 2 rings (SSSR count). The third-order valence-electron chi connectivity index (χ3n) is 3.08. The van der Waals surface area contributed by atoms with Gasteiger partial charge in [0.05, 0.1) is 24.3 Å². The fourth-order valence-corrected chi connectivity index (χ4v) is 2.02. The lowest BCUT2D eigenvalue weighted by Crippen LogP contribution is -2.25. The molecule has 1 aromatic rings. The number of nitrogens with one attached hydrogen (secondary N) is 2. The lowest BCUT2D eigenvalue weighted by molar-refractivity contribution is -0.119. The molecule has 1 aromatic carbocycles. The fraction of sp³-hybridized carbons (Fsp3) is 0.385. The molecular weight excluding hydrogens is 251 g/mol. The van der Waals surface area contributed by atoms with Gasteiger partial charge in [-0.15, -0.1) is 0 Å². The molecule has 6 heteroatoms. The van der Waals surface area contributed by atoms with E-state index in [9.17, 15) is 14.0 Å². The third-order valence-corrected chi connectivity index (χ3v) is 3.08. The molecular formula is C13H15FN2O3. The number of benzene rings is 1. The second-order valence-corrected chi connectivity index (χ2v) is 4.36. The molecule has 0 aromatic heterocycles. The monoisotopic (exact) mass is 266 g/mol. The number of carbonyl (C=O) groups is 2. The van der Waals surface area contributed by atoms with Gasteiger partial charge < -0.3 is 15.4 Å². The number of methoxy groups -OCH3 is 1. The van der Waals surface area contributed by atoms with Crippen LogP contribution >= 0.6 is 0 Å². The Morgan fingerprint density at radius 2 is 2.26 bits per heavy atom. The summed E-state index contributed by atoms with van der Waals surface area (Å²) in [6.07, 6.45) is 0.751. The predicted molar refractivity (Wildman–Crippen MR) is 67.3 cm³/mol. The molecule has 1 amide bonds. The van der Waals surface area contributed by atoms with Crippen LogP contribution in [0.1, 0.15) is 16.8 Å². The maximum Gasteiger partial charge on any atom is 0.340 e. The molecule has 0 bridgehead atoms. The van der Waals surface area contributed by atoms with Gasteiger partial charge in [0.15, 0.2) is 0 Å². The Hall–Kier alpha value is -1.95. The molecule has 2 N–H and O–H groups in total. The van der Waals surface area contributed by atoms with Gasteiger partial charge in [-0.05, 0) is 31.2 Å². The first-order valence-electron chi connectivity index (χ1n) is 6.01. The fourth-order valence-electron chi connectivity index (χ4n) is 2.02. The molecule has 19 heavy (non-hydrogen) atoms. The minimum atomic E-state index is -0.681. The van der Waals surface area contributed by atoms with Crippen molar-refractivity contribution in [1.29, 1.82) is 0 Å². The number of carbonyl (C=O) groups excluding carboxylic acids is 2. The SMILES string of the molecule is COC(=O)c1cc(F)ccc1NC(=O)C1CCNC1. The highest BCUT2D eigenvalue weighted by atomic mass is 19.1. The van der Waals surface area contributed by atoms with Gasteiger partial charge in [0.1, 0.15) is 5.82 Å². The smallest absolute Gasteiger partial charge is 0.340 e. The number of rotatable bonds is 3. The molecule has 0 radical (unpaired) electrons. The Morgan fingerprint density at radius 1 is 1.47 bits per heavy atom. The summed E-state index contributed by atoms with van der Waals surface area (Å²) < 4.78 is 17.7. The number of halogens is 1. The quantitative estimate of drug-likeness (QED) is 0.806. The van der Waals surface area contributed by atoms with Crippen molar-refractivity contribution in [1.82, 2.24) is 5.32 Å². The molecule has 0 spiro atoms. The number of amides is 1. The summed E-state index contributed by atoms with van der Waals surface area (Å²) in [6, 6.07) is 3.60. The summed E-state index contributed by atoms with van der Waals surface area (Å²) in [7, 11) is 1.21. The molecule has 1 aliphatic rings. The lowest BCUT2D eigenvalue weighted by atomic mass is 10.1. The molecule has 1 aliphatic heterocycles. The van der Waals surface area contributed by atoms with Crippen LogP contribution in [0.4, 0.5) is 10.1 Å². The number of hydrogen-bond donors (Lipinski definition) is 2. The van der Waals surface area contributed by atoms with Crippen LogP contribution < -0.4 is 10.6 Å². The van der Waals surface area contributed by atoms with Crippen LogP contribution in [0, 0.1) is 11.7 Å². The van der Waals surface area contributed by atoms with E-state index in [-0.39, 0.29) is 23.1 Å². The minimum Gasteiger partial charge on any atom is -0.465 e. The van der Waals surface area contributed by atoms with E-state index in [1.165, 1.54) is 19.2 Å². The van der Waals surface area contributed by atoms with Crippen LogP contribution in [-0.4, -0.2) is 32.1 Å². The van der Waals surface area contributed by atoms with Crippen molar-refractivity contribution in [2.75, 3.05) is 25.5 Å². The van der Waals surface area contributed by atoms with Crippen molar-refractivity contribution >= 4 is 17.6 Å². The highest BCUT2D eigenvalue weighted by molar-refractivity contribution is 6.01. The number of anilines is 1. The largest absolute Gasteiger partial charge is 0.465 e. The Morgan fingerprint density at radius 3 is 2.89 bits per heavy atom. The average Bonchev–Trinajstić information content (AvgIpc) is 2.94. The Balaban J connectivity index is 2.19. The van der Waals surface area contributed by atoms with Crippen LogP contribution in [0.25, 0.3) is 0 Å². The van der Waals surface area contributed by atoms with Gasteiger partial charge in [0.2, 0.25) is 5.91 Å². The highest BCUT2D eigenvalue weighted by Gasteiger charge is 2.24. The first kappa shape index (κ1) is 13.5. The summed E-state index contributed by atoms with van der Waals surface area (Å²) in [5.74, 6) is -1.54. The van der Waals surface area contributed by atoms with Crippen LogP contribution in [0.2, 0.25) is 0 Å². The van der Waals surface area contributed by atoms with Gasteiger partial charge >= 0.3 is 5.97 Å². The van der Waals surface area contributed by atoms with E-state index in [2.05, 4.69) is 15.4 Å². The molecule has 5 nitrogen and oxygen atoms in total. The predicted octanol–water partition coefficient (Wildman–Crippen LogP) is 1.16.